The third kappa shape index (κ3) is 4.56. The Morgan fingerprint density at radius 2 is 1.94 bits per heavy atom. The third-order valence-corrected chi connectivity index (χ3v) is 3.78. The van der Waals surface area contributed by atoms with Gasteiger partial charge in [0.1, 0.15) is 5.75 Å². The monoisotopic (exact) mass is 271 g/mol. The summed E-state index contributed by atoms with van der Waals surface area (Å²) >= 11 is 0. The first-order chi connectivity index (χ1) is 8.45. The van der Waals surface area contributed by atoms with Crippen LogP contribution in [-0.2, 0) is 9.84 Å². The van der Waals surface area contributed by atoms with Gasteiger partial charge < -0.3 is 10.5 Å². The molecule has 0 saturated carbocycles. The van der Waals surface area contributed by atoms with Crippen LogP contribution in [0.1, 0.15) is 32.6 Å². The molecule has 0 heterocycles. The molecule has 1 rings (SSSR count). The summed E-state index contributed by atoms with van der Waals surface area (Å²) in [5.41, 5.74) is 6.14. The number of sulfone groups is 1. The summed E-state index contributed by atoms with van der Waals surface area (Å²) in [6.45, 7) is 2.77. The molecule has 0 aliphatic carbocycles. The maximum atomic E-state index is 11.3. The van der Waals surface area contributed by atoms with Crippen LogP contribution in [0.25, 0.3) is 0 Å². The molecular formula is C13H21NO3S. The fraction of sp³-hybridized carbons (Fsp3) is 0.538. The number of rotatable bonds is 7. The topological polar surface area (TPSA) is 69.4 Å². The van der Waals surface area contributed by atoms with Crippen LogP contribution in [0.2, 0.25) is 0 Å². The van der Waals surface area contributed by atoms with Gasteiger partial charge in [0.15, 0.2) is 9.84 Å². The second-order valence-corrected chi connectivity index (χ2v) is 6.40. The Morgan fingerprint density at radius 3 is 2.50 bits per heavy atom. The van der Waals surface area contributed by atoms with Crippen molar-refractivity contribution in [3.05, 3.63) is 18.2 Å². The Morgan fingerprint density at radius 1 is 1.22 bits per heavy atom. The Labute approximate surface area is 109 Å². The van der Waals surface area contributed by atoms with Crippen LogP contribution in [0.5, 0.6) is 5.75 Å². The SMILES string of the molecule is CCCCCCOc1ccc(S(C)(=O)=O)cc1N. The molecule has 1 aromatic rings. The molecule has 0 aliphatic heterocycles. The number of hydrogen-bond acceptors (Lipinski definition) is 4. The van der Waals surface area contributed by atoms with E-state index < -0.39 is 9.84 Å². The minimum Gasteiger partial charge on any atom is -0.491 e. The number of anilines is 1. The number of unbranched alkanes of at least 4 members (excludes halogenated alkanes) is 3. The fourth-order valence-electron chi connectivity index (χ4n) is 1.60. The van der Waals surface area contributed by atoms with Crippen molar-refractivity contribution in [2.45, 2.75) is 37.5 Å². The van der Waals surface area contributed by atoms with E-state index in [-0.39, 0.29) is 4.90 Å². The Hall–Kier alpha value is -1.23. The lowest BCUT2D eigenvalue weighted by Crippen LogP contribution is -2.03. The van der Waals surface area contributed by atoms with Crippen LogP contribution in [0.3, 0.4) is 0 Å². The van der Waals surface area contributed by atoms with Crippen LogP contribution >= 0.6 is 0 Å². The molecule has 2 N–H and O–H groups in total. The van der Waals surface area contributed by atoms with Crippen LogP contribution < -0.4 is 10.5 Å². The predicted molar refractivity (Wildman–Crippen MR) is 73.6 cm³/mol. The molecule has 5 heteroatoms. The molecule has 1 aromatic carbocycles. The van der Waals surface area contributed by atoms with E-state index in [0.717, 1.165) is 19.1 Å². The predicted octanol–water partition coefficient (Wildman–Crippen LogP) is 2.63. The summed E-state index contributed by atoms with van der Waals surface area (Å²) < 4.78 is 28.2. The molecule has 0 spiro atoms. The fourth-order valence-corrected chi connectivity index (χ4v) is 2.26. The molecule has 0 unspecified atom stereocenters. The van der Waals surface area contributed by atoms with E-state index in [1.807, 2.05) is 0 Å². The van der Waals surface area contributed by atoms with Crippen LogP contribution in [0, 0.1) is 0 Å². The van der Waals surface area contributed by atoms with Gasteiger partial charge in [-0.05, 0) is 24.6 Å². The van der Waals surface area contributed by atoms with Gasteiger partial charge in [0.2, 0.25) is 0 Å². The zero-order valence-corrected chi connectivity index (χ0v) is 11.8. The maximum Gasteiger partial charge on any atom is 0.175 e. The quantitative estimate of drug-likeness (QED) is 0.611. The van der Waals surface area contributed by atoms with Gasteiger partial charge in [0.05, 0.1) is 17.2 Å². The van der Waals surface area contributed by atoms with Gasteiger partial charge in [-0.15, -0.1) is 0 Å². The van der Waals surface area contributed by atoms with Crippen molar-refractivity contribution in [2.75, 3.05) is 18.6 Å². The zero-order chi connectivity index (χ0) is 13.6. The van der Waals surface area contributed by atoms with Gasteiger partial charge in [0.25, 0.3) is 0 Å². The Kier molecular flexibility index (Phi) is 5.47. The van der Waals surface area contributed by atoms with Crippen molar-refractivity contribution in [3.63, 3.8) is 0 Å². The summed E-state index contributed by atoms with van der Waals surface area (Å²) in [4.78, 5) is 0.221. The molecule has 18 heavy (non-hydrogen) atoms. The van der Waals surface area contributed by atoms with Gasteiger partial charge >= 0.3 is 0 Å². The van der Waals surface area contributed by atoms with E-state index in [1.165, 1.54) is 25.0 Å². The molecule has 0 amide bonds. The zero-order valence-electron chi connectivity index (χ0n) is 11.0. The van der Waals surface area contributed by atoms with Crippen molar-refractivity contribution in [1.29, 1.82) is 0 Å². The summed E-state index contributed by atoms with van der Waals surface area (Å²) in [6.07, 6.45) is 5.67. The smallest absolute Gasteiger partial charge is 0.175 e. The van der Waals surface area contributed by atoms with Crippen LogP contribution in [0.4, 0.5) is 5.69 Å². The average Bonchev–Trinajstić information content (AvgIpc) is 2.29. The normalized spacial score (nSPS) is 11.4. The molecule has 0 aliphatic rings. The number of nitrogen functional groups attached to an aromatic ring is 1. The highest BCUT2D eigenvalue weighted by atomic mass is 32.2. The first-order valence-corrected chi connectivity index (χ1v) is 8.06. The molecule has 0 bridgehead atoms. The van der Waals surface area contributed by atoms with E-state index in [0.29, 0.717) is 18.0 Å². The number of ether oxygens (including phenoxy) is 1. The van der Waals surface area contributed by atoms with E-state index in [1.54, 1.807) is 6.07 Å². The Bertz CT molecular complexity index is 483. The summed E-state index contributed by atoms with van der Waals surface area (Å²) in [6, 6.07) is 4.58. The molecule has 0 radical (unpaired) electrons. The number of benzene rings is 1. The first kappa shape index (κ1) is 14.8. The summed E-state index contributed by atoms with van der Waals surface area (Å²) in [7, 11) is -3.21. The van der Waals surface area contributed by atoms with Crippen LogP contribution in [0.15, 0.2) is 23.1 Å². The van der Waals surface area contributed by atoms with Crippen LogP contribution in [-0.4, -0.2) is 21.3 Å². The van der Waals surface area contributed by atoms with E-state index in [9.17, 15) is 8.42 Å². The highest BCUT2D eigenvalue weighted by Crippen LogP contribution is 2.25. The molecule has 0 saturated heterocycles. The van der Waals surface area contributed by atoms with E-state index in [2.05, 4.69) is 6.92 Å². The number of nitrogens with two attached hydrogens (primary N) is 1. The lowest BCUT2D eigenvalue weighted by molar-refractivity contribution is 0.306. The average molecular weight is 271 g/mol. The molecule has 4 nitrogen and oxygen atoms in total. The van der Waals surface area contributed by atoms with Crippen molar-refractivity contribution in [1.82, 2.24) is 0 Å². The number of hydrogen-bond donors (Lipinski definition) is 1. The molecule has 102 valence electrons. The first-order valence-electron chi connectivity index (χ1n) is 6.17. The third-order valence-electron chi connectivity index (χ3n) is 2.66. The summed E-state index contributed by atoms with van der Waals surface area (Å²) in [5, 5.41) is 0. The van der Waals surface area contributed by atoms with Crippen molar-refractivity contribution in [3.8, 4) is 5.75 Å². The standard InChI is InChI=1S/C13H21NO3S/c1-3-4-5-6-9-17-13-8-7-11(10-12(13)14)18(2,15)16/h7-8,10H,3-6,9,14H2,1-2H3. The van der Waals surface area contributed by atoms with Gasteiger partial charge in [-0.25, -0.2) is 8.42 Å². The van der Waals surface area contributed by atoms with Gasteiger partial charge in [-0.3, -0.25) is 0 Å². The van der Waals surface area contributed by atoms with Gasteiger partial charge in [0, 0.05) is 6.26 Å². The second kappa shape index (κ2) is 6.64. The molecule has 0 aromatic heterocycles. The van der Waals surface area contributed by atoms with Gasteiger partial charge in [-0.1, -0.05) is 26.2 Å². The highest BCUT2D eigenvalue weighted by Gasteiger charge is 2.09. The molecular weight excluding hydrogens is 250 g/mol. The van der Waals surface area contributed by atoms with Crippen molar-refractivity contribution in [2.24, 2.45) is 0 Å². The Balaban J connectivity index is 2.58. The highest BCUT2D eigenvalue weighted by molar-refractivity contribution is 7.90. The summed E-state index contributed by atoms with van der Waals surface area (Å²) in [5.74, 6) is 0.555. The minimum absolute atomic E-state index is 0.221. The molecule has 0 fully saturated rings. The van der Waals surface area contributed by atoms with E-state index >= 15 is 0 Å². The lowest BCUT2D eigenvalue weighted by Gasteiger charge is -2.09. The van der Waals surface area contributed by atoms with Crippen molar-refractivity contribution >= 4 is 15.5 Å². The van der Waals surface area contributed by atoms with Gasteiger partial charge in [-0.2, -0.15) is 0 Å². The molecule has 0 atom stereocenters. The maximum absolute atomic E-state index is 11.3. The lowest BCUT2D eigenvalue weighted by atomic mass is 10.2. The van der Waals surface area contributed by atoms with Crippen molar-refractivity contribution < 1.29 is 13.2 Å². The largest absolute Gasteiger partial charge is 0.491 e. The second-order valence-electron chi connectivity index (χ2n) is 4.38. The van der Waals surface area contributed by atoms with E-state index in [4.69, 9.17) is 10.5 Å². The minimum atomic E-state index is -3.21.